The second-order valence-corrected chi connectivity index (χ2v) is 3.69. The van der Waals surface area contributed by atoms with Crippen molar-refractivity contribution < 1.29 is 14.3 Å². The van der Waals surface area contributed by atoms with Crippen molar-refractivity contribution in [2.45, 2.75) is 6.92 Å². The number of pyridine rings is 1. The first kappa shape index (κ1) is 11.3. The smallest absolute Gasteiger partial charge is 0.335 e. The van der Waals surface area contributed by atoms with Gasteiger partial charge in [-0.15, -0.1) is 0 Å². The van der Waals surface area contributed by atoms with E-state index in [0.717, 1.165) is 11.8 Å². The molecular weight excluding hydrogens is 221 g/mol. The van der Waals surface area contributed by atoms with Crippen molar-refractivity contribution in [3.63, 3.8) is 0 Å². The maximum Gasteiger partial charge on any atom is 0.335 e. The van der Waals surface area contributed by atoms with Crippen molar-refractivity contribution >= 4 is 5.97 Å². The lowest BCUT2D eigenvalue weighted by atomic mass is 10.0. The van der Waals surface area contributed by atoms with Gasteiger partial charge in [-0.3, -0.25) is 4.98 Å². The van der Waals surface area contributed by atoms with Crippen LogP contribution in [-0.2, 0) is 0 Å². The highest BCUT2D eigenvalue weighted by Crippen LogP contribution is 2.23. The summed E-state index contributed by atoms with van der Waals surface area (Å²) in [6.45, 7) is 1.81. The standard InChI is InChI=1S/C13H10FNO2/c1-8-6-9(4-5-15-8)11-3-2-10(13(16)17)7-12(11)14/h2-7H,1H3,(H,16,17). The zero-order chi connectivity index (χ0) is 12.4. The Morgan fingerprint density at radius 3 is 2.65 bits per heavy atom. The van der Waals surface area contributed by atoms with E-state index in [1.165, 1.54) is 12.1 Å². The minimum absolute atomic E-state index is 0.0583. The van der Waals surface area contributed by atoms with Gasteiger partial charge in [0.2, 0.25) is 0 Å². The number of benzene rings is 1. The van der Waals surface area contributed by atoms with Gasteiger partial charge in [0.05, 0.1) is 5.56 Å². The van der Waals surface area contributed by atoms with Gasteiger partial charge in [0.1, 0.15) is 5.82 Å². The van der Waals surface area contributed by atoms with E-state index in [2.05, 4.69) is 4.98 Å². The second kappa shape index (κ2) is 4.33. The Morgan fingerprint density at radius 1 is 1.29 bits per heavy atom. The van der Waals surface area contributed by atoms with Crippen LogP contribution in [0.15, 0.2) is 36.5 Å². The average Bonchev–Trinajstić information content (AvgIpc) is 2.28. The minimum Gasteiger partial charge on any atom is -0.478 e. The molecule has 0 bridgehead atoms. The van der Waals surface area contributed by atoms with Gasteiger partial charge >= 0.3 is 5.97 Å². The summed E-state index contributed by atoms with van der Waals surface area (Å²) >= 11 is 0. The van der Waals surface area contributed by atoms with Crippen molar-refractivity contribution in [3.05, 3.63) is 53.6 Å². The number of aromatic nitrogens is 1. The van der Waals surface area contributed by atoms with Crippen LogP contribution in [0.3, 0.4) is 0 Å². The molecule has 0 aliphatic heterocycles. The average molecular weight is 231 g/mol. The number of hydrogen-bond donors (Lipinski definition) is 1. The van der Waals surface area contributed by atoms with E-state index < -0.39 is 11.8 Å². The van der Waals surface area contributed by atoms with Gasteiger partial charge in [0, 0.05) is 17.5 Å². The Hall–Kier alpha value is -2.23. The van der Waals surface area contributed by atoms with Crippen molar-refractivity contribution in [1.29, 1.82) is 0 Å². The monoisotopic (exact) mass is 231 g/mol. The summed E-state index contributed by atoms with van der Waals surface area (Å²) in [7, 11) is 0. The first-order valence-corrected chi connectivity index (χ1v) is 5.04. The largest absolute Gasteiger partial charge is 0.478 e. The fourth-order valence-electron chi connectivity index (χ4n) is 1.60. The molecule has 0 radical (unpaired) electrons. The molecule has 0 unspecified atom stereocenters. The predicted octanol–water partition coefficient (Wildman–Crippen LogP) is 2.89. The number of aromatic carboxylic acids is 1. The first-order valence-electron chi connectivity index (χ1n) is 5.04. The Bertz CT molecular complexity index is 581. The van der Waals surface area contributed by atoms with E-state index in [-0.39, 0.29) is 5.56 Å². The third-order valence-electron chi connectivity index (χ3n) is 2.42. The second-order valence-electron chi connectivity index (χ2n) is 3.69. The number of halogens is 1. The number of aryl methyl sites for hydroxylation is 1. The molecule has 0 atom stereocenters. The van der Waals surface area contributed by atoms with E-state index in [0.29, 0.717) is 11.1 Å². The quantitative estimate of drug-likeness (QED) is 0.864. The molecule has 1 aromatic heterocycles. The van der Waals surface area contributed by atoms with Crippen molar-refractivity contribution in [3.8, 4) is 11.1 Å². The van der Waals surface area contributed by atoms with Crippen molar-refractivity contribution in [2.24, 2.45) is 0 Å². The van der Waals surface area contributed by atoms with Gasteiger partial charge in [0.15, 0.2) is 0 Å². The number of nitrogens with zero attached hydrogens (tertiary/aromatic N) is 1. The molecule has 2 aromatic rings. The fraction of sp³-hybridized carbons (Fsp3) is 0.0769. The Balaban J connectivity index is 2.50. The van der Waals surface area contributed by atoms with E-state index in [9.17, 15) is 9.18 Å². The molecule has 1 N–H and O–H groups in total. The molecule has 86 valence electrons. The molecule has 4 heteroatoms. The molecule has 2 rings (SSSR count). The normalized spacial score (nSPS) is 10.2. The molecule has 0 saturated heterocycles. The number of rotatable bonds is 2. The topological polar surface area (TPSA) is 50.2 Å². The van der Waals surface area contributed by atoms with Crippen LogP contribution in [0.1, 0.15) is 16.1 Å². The van der Waals surface area contributed by atoms with Crippen LogP contribution in [-0.4, -0.2) is 16.1 Å². The van der Waals surface area contributed by atoms with Crippen LogP contribution in [0.25, 0.3) is 11.1 Å². The lowest BCUT2D eigenvalue weighted by Gasteiger charge is -2.05. The molecule has 0 amide bonds. The highest BCUT2D eigenvalue weighted by molar-refractivity contribution is 5.88. The summed E-state index contributed by atoms with van der Waals surface area (Å²) in [5.74, 6) is -1.68. The molecule has 17 heavy (non-hydrogen) atoms. The molecule has 0 aliphatic rings. The summed E-state index contributed by atoms with van der Waals surface area (Å²) in [5, 5.41) is 8.74. The predicted molar refractivity (Wildman–Crippen MR) is 61.3 cm³/mol. The van der Waals surface area contributed by atoms with E-state index in [1.807, 2.05) is 6.92 Å². The van der Waals surface area contributed by atoms with E-state index in [4.69, 9.17) is 5.11 Å². The molecule has 1 aromatic carbocycles. The molecule has 0 spiro atoms. The summed E-state index contributed by atoms with van der Waals surface area (Å²) in [6.07, 6.45) is 1.59. The highest BCUT2D eigenvalue weighted by atomic mass is 19.1. The van der Waals surface area contributed by atoms with Gasteiger partial charge in [-0.05, 0) is 36.8 Å². The van der Waals surface area contributed by atoms with Crippen LogP contribution in [0.2, 0.25) is 0 Å². The molecule has 0 saturated carbocycles. The number of carboxylic acid groups (broad SMARTS) is 1. The van der Waals surface area contributed by atoms with Crippen LogP contribution in [0.4, 0.5) is 4.39 Å². The van der Waals surface area contributed by atoms with Crippen LogP contribution in [0.5, 0.6) is 0 Å². The van der Waals surface area contributed by atoms with Crippen LogP contribution < -0.4 is 0 Å². The summed E-state index contributed by atoms with van der Waals surface area (Å²) in [4.78, 5) is 14.7. The minimum atomic E-state index is -1.14. The first-order chi connectivity index (χ1) is 8.08. The lowest BCUT2D eigenvalue weighted by Crippen LogP contribution is -1.97. The third kappa shape index (κ3) is 2.30. The SMILES string of the molecule is Cc1cc(-c2ccc(C(=O)O)cc2F)ccn1. The highest BCUT2D eigenvalue weighted by Gasteiger charge is 2.09. The Morgan fingerprint density at radius 2 is 2.06 bits per heavy atom. The maximum atomic E-state index is 13.7. The molecule has 0 aliphatic carbocycles. The molecular formula is C13H10FNO2. The summed E-state index contributed by atoms with van der Waals surface area (Å²) in [6, 6.07) is 7.31. The Labute approximate surface area is 97.6 Å². The summed E-state index contributed by atoms with van der Waals surface area (Å²) < 4.78 is 13.7. The zero-order valence-corrected chi connectivity index (χ0v) is 9.14. The maximum absolute atomic E-state index is 13.7. The van der Waals surface area contributed by atoms with Crippen molar-refractivity contribution in [1.82, 2.24) is 4.98 Å². The van der Waals surface area contributed by atoms with Crippen LogP contribution >= 0.6 is 0 Å². The third-order valence-corrected chi connectivity index (χ3v) is 2.42. The molecule has 3 nitrogen and oxygen atoms in total. The van der Waals surface area contributed by atoms with Gasteiger partial charge < -0.3 is 5.11 Å². The lowest BCUT2D eigenvalue weighted by molar-refractivity contribution is 0.0696. The van der Waals surface area contributed by atoms with Gasteiger partial charge in [-0.2, -0.15) is 0 Å². The molecule has 0 fully saturated rings. The number of carbonyl (C=O) groups is 1. The molecule has 1 heterocycles. The van der Waals surface area contributed by atoms with Crippen molar-refractivity contribution in [2.75, 3.05) is 0 Å². The van der Waals surface area contributed by atoms with Gasteiger partial charge in [0.25, 0.3) is 0 Å². The zero-order valence-electron chi connectivity index (χ0n) is 9.14. The summed E-state index contributed by atoms with van der Waals surface area (Å²) in [5.41, 5.74) is 1.79. The number of hydrogen-bond acceptors (Lipinski definition) is 2. The number of carboxylic acids is 1. The van der Waals surface area contributed by atoms with Crippen LogP contribution in [0, 0.1) is 12.7 Å². The van der Waals surface area contributed by atoms with Gasteiger partial charge in [-0.25, -0.2) is 9.18 Å². The fourth-order valence-corrected chi connectivity index (χ4v) is 1.60. The van der Waals surface area contributed by atoms with E-state index in [1.54, 1.807) is 18.3 Å². The van der Waals surface area contributed by atoms with E-state index >= 15 is 0 Å². The Kier molecular flexibility index (Phi) is 2.87. The van der Waals surface area contributed by atoms with Gasteiger partial charge in [-0.1, -0.05) is 6.07 Å².